The first kappa shape index (κ1) is 13.9. The van der Waals surface area contributed by atoms with Gasteiger partial charge < -0.3 is 5.11 Å². The van der Waals surface area contributed by atoms with Crippen LogP contribution in [0.2, 0.25) is 0 Å². The molecule has 3 fully saturated rings. The SMILES string of the molecule is O=C1c2ccccc2C=C2C1NC1C(O)CCC3CCCC2C31. The van der Waals surface area contributed by atoms with Gasteiger partial charge in [0.15, 0.2) is 5.78 Å². The van der Waals surface area contributed by atoms with Gasteiger partial charge in [-0.15, -0.1) is 0 Å². The lowest BCUT2D eigenvalue weighted by Crippen LogP contribution is -2.64. The van der Waals surface area contributed by atoms with E-state index in [-0.39, 0.29) is 24.0 Å². The number of fused-ring (bicyclic) bond motifs is 3. The van der Waals surface area contributed by atoms with E-state index in [1.54, 1.807) is 0 Å². The lowest BCUT2D eigenvalue weighted by atomic mass is 9.57. The number of carbonyl (C=O) groups excluding carboxylic acids is 1. The molecule has 2 N–H and O–H groups in total. The van der Waals surface area contributed by atoms with Crippen molar-refractivity contribution in [2.75, 3.05) is 0 Å². The molecule has 1 aromatic rings. The smallest absolute Gasteiger partial charge is 0.184 e. The molecule has 1 heterocycles. The van der Waals surface area contributed by atoms with E-state index in [2.05, 4.69) is 17.5 Å². The second kappa shape index (κ2) is 5.02. The van der Waals surface area contributed by atoms with Gasteiger partial charge in [0.1, 0.15) is 0 Å². The van der Waals surface area contributed by atoms with E-state index in [1.807, 2.05) is 18.2 Å². The zero-order chi connectivity index (χ0) is 15.6. The molecule has 3 aliphatic carbocycles. The van der Waals surface area contributed by atoms with Crippen LogP contribution >= 0.6 is 0 Å². The van der Waals surface area contributed by atoms with Crippen LogP contribution in [0, 0.1) is 17.8 Å². The van der Waals surface area contributed by atoms with Crippen LogP contribution in [0.4, 0.5) is 0 Å². The molecule has 120 valence electrons. The van der Waals surface area contributed by atoms with Crippen LogP contribution in [-0.4, -0.2) is 29.1 Å². The highest BCUT2D eigenvalue weighted by molar-refractivity contribution is 6.08. The molecule has 6 atom stereocenters. The second-order valence-corrected chi connectivity index (χ2v) is 7.74. The largest absolute Gasteiger partial charge is 0.391 e. The number of carbonyl (C=O) groups is 1. The molecule has 1 aliphatic heterocycles. The number of nitrogens with one attached hydrogen (secondary N) is 1. The number of aliphatic hydroxyl groups is 1. The Morgan fingerprint density at radius 2 is 1.96 bits per heavy atom. The molecule has 2 saturated carbocycles. The Morgan fingerprint density at radius 1 is 1.09 bits per heavy atom. The average Bonchev–Trinajstić information content (AvgIpc) is 2.59. The van der Waals surface area contributed by atoms with E-state index in [0.29, 0.717) is 17.8 Å². The topological polar surface area (TPSA) is 49.3 Å². The maximum atomic E-state index is 13.0. The number of aliphatic hydroxyl groups excluding tert-OH is 1. The molecular weight excluding hydrogens is 286 g/mol. The quantitative estimate of drug-likeness (QED) is 0.775. The second-order valence-electron chi connectivity index (χ2n) is 7.74. The summed E-state index contributed by atoms with van der Waals surface area (Å²) < 4.78 is 0. The van der Waals surface area contributed by atoms with Gasteiger partial charge >= 0.3 is 0 Å². The van der Waals surface area contributed by atoms with E-state index in [1.165, 1.54) is 24.8 Å². The van der Waals surface area contributed by atoms with Crippen LogP contribution in [0.3, 0.4) is 0 Å². The van der Waals surface area contributed by atoms with Crippen molar-refractivity contribution >= 4 is 11.9 Å². The van der Waals surface area contributed by atoms with Gasteiger partial charge in [-0.3, -0.25) is 10.1 Å². The molecule has 0 spiro atoms. The van der Waals surface area contributed by atoms with Gasteiger partial charge in [-0.25, -0.2) is 0 Å². The van der Waals surface area contributed by atoms with Crippen molar-refractivity contribution in [2.45, 2.75) is 50.3 Å². The van der Waals surface area contributed by atoms with Crippen molar-refractivity contribution in [3.63, 3.8) is 0 Å². The van der Waals surface area contributed by atoms with Crippen molar-refractivity contribution in [2.24, 2.45) is 17.8 Å². The van der Waals surface area contributed by atoms with Crippen LogP contribution < -0.4 is 5.32 Å². The summed E-state index contributed by atoms with van der Waals surface area (Å²) in [5, 5.41) is 14.1. The van der Waals surface area contributed by atoms with Crippen molar-refractivity contribution in [3.8, 4) is 0 Å². The van der Waals surface area contributed by atoms with Crippen molar-refractivity contribution in [3.05, 3.63) is 41.0 Å². The molecule has 0 bridgehead atoms. The van der Waals surface area contributed by atoms with Gasteiger partial charge in [0, 0.05) is 11.6 Å². The Balaban J connectivity index is 1.63. The lowest BCUT2D eigenvalue weighted by Gasteiger charge is -2.54. The van der Waals surface area contributed by atoms with Crippen LogP contribution in [0.5, 0.6) is 0 Å². The molecule has 5 rings (SSSR count). The monoisotopic (exact) mass is 309 g/mol. The normalized spacial score (nSPS) is 41.4. The minimum atomic E-state index is -0.302. The Morgan fingerprint density at radius 3 is 2.87 bits per heavy atom. The predicted octanol–water partition coefficient (Wildman–Crippen LogP) is 2.79. The van der Waals surface area contributed by atoms with Crippen molar-refractivity contribution in [1.82, 2.24) is 5.32 Å². The number of benzene rings is 1. The summed E-state index contributed by atoms with van der Waals surface area (Å²) in [5.41, 5.74) is 3.18. The Kier molecular flexibility index (Phi) is 3.04. The summed E-state index contributed by atoms with van der Waals surface area (Å²) in [6.07, 6.45) is 7.69. The summed E-state index contributed by atoms with van der Waals surface area (Å²) in [6, 6.07) is 7.81. The third kappa shape index (κ3) is 1.93. The summed E-state index contributed by atoms with van der Waals surface area (Å²) >= 11 is 0. The van der Waals surface area contributed by atoms with Crippen LogP contribution in [0.1, 0.15) is 48.0 Å². The first-order valence-electron chi connectivity index (χ1n) is 9.03. The Hall–Kier alpha value is -1.45. The molecule has 1 aromatic carbocycles. The van der Waals surface area contributed by atoms with E-state index >= 15 is 0 Å². The van der Waals surface area contributed by atoms with Gasteiger partial charge in [0.25, 0.3) is 0 Å². The van der Waals surface area contributed by atoms with Crippen LogP contribution in [0.25, 0.3) is 6.08 Å². The van der Waals surface area contributed by atoms with E-state index in [0.717, 1.165) is 24.0 Å². The summed E-state index contributed by atoms with van der Waals surface area (Å²) in [5.74, 6) is 1.88. The summed E-state index contributed by atoms with van der Waals surface area (Å²) in [7, 11) is 0. The first-order valence-corrected chi connectivity index (χ1v) is 9.03. The number of hydrogen-bond acceptors (Lipinski definition) is 3. The van der Waals surface area contributed by atoms with Gasteiger partial charge in [-0.05, 0) is 48.2 Å². The molecular formula is C20H23NO2. The molecule has 3 nitrogen and oxygen atoms in total. The van der Waals surface area contributed by atoms with Crippen LogP contribution in [-0.2, 0) is 0 Å². The molecule has 0 radical (unpaired) electrons. The van der Waals surface area contributed by atoms with E-state index < -0.39 is 0 Å². The highest BCUT2D eigenvalue weighted by Crippen LogP contribution is 2.51. The minimum Gasteiger partial charge on any atom is -0.391 e. The lowest BCUT2D eigenvalue weighted by molar-refractivity contribution is -0.0264. The Bertz CT molecular complexity index is 695. The van der Waals surface area contributed by atoms with Gasteiger partial charge in [0.2, 0.25) is 0 Å². The molecule has 0 aromatic heterocycles. The third-order valence-electron chi connectivity index (χ3n) is 6.69. The fraction of sp³-hybridized carbons (Fsp3) is 0.550. The third-order valence-corrected chi connectivity index (χ3v) is 6.69. The summed E-state index contributed by atoms with van der Waals surface area (Å²) in [4.78, 5) is 13.0. The number of hydrogen-bond donors (Lipinski definition) is 2. The summed E-state index contributed by atoms with van der Waals surface area (Å²) in [6.45, 7) is 0. The number of piperidine rings is 1. The average molecular weight is 309 g/mol. The fourth-order valence-electron chi connectivity index (χ4n) is 5.73. The molecule has 3 heteroatoms. The maximum Gasteiger partial charge on any atom is 0.184 e. The highest BCUT2D eigenvalue weighted by atomic mass is 16.3. The molecule has 4 aliphatic rings. The molecule has 6 unspecified atom stereocenters. The van der Waals surface area contributed by atoms with Crippen molar-refractivity contribution < 1.29 is 9.90 Å². The van der Waals surface area contributed by atoms with Crippen LogP contribution in [0.15, 0.2) is 29.8 Å². The maximum absolute atomic E-state index is 13.0. The molecule has 0 amide bonds. The number of rotatable bonds is 0. The van der Waals surface area contributed by atoms with Crippen molar-refractivity contribution in [1.29, 1.82) is 0 Å². The number of Topliss-reactive ketones (excluding diaryl/α,β-unsaturated/α-hetero) is 1. The minimum absolute atomic E-state index is 0.0930. The molecule has 23 heavy (non-hydrogen) atoms. The van der Waals surface area contributed by atoms with E-state index in [9.17, 15) is 9.90 Å². The Labute approximate surface area is 136 Å². The van der Waals surface area contributed by atoms with Gasteiger partial charge in [0.05, 0.1) is 12.1 Å². The first-order chi connectivity index (χ1) is 11.2. The van der Waals surface area contributed by atoms with E-state index in [4.69, 9.17) is 0 Å². The molecule has 1 saturated heterocycles. The predicted molar refractivity (Wildman–Crippen MR) is 89.0 cm³/mol. The standard InChI is InChI=1S/C20H23NO2/c22-16-9-8-11-5-3-7-14-15-10-12-4-1-2-6-13(12)20(23)18(15)21-19(16)17(11)14/h1-2,4,6,10-11,14,16-19,21-22H,3,5,7-9H2. The number of ketones is 1. The fourth-order valence-corrected chi connectivity index (χ4v) is 5.73. The van der Waals surface area contributed by atoms with Gasteiger partial charge in [-0.1, -0.05) is 43.2 Å². The highest BCUT2D eigenvalue weighted by Gasteiger charge is 2.52. The van der Waals surface area contributed by atoms with Gasteiger partial charge in [-0.2, -0.15) is 0 Å². The zero-order valence-corrected chi connectivity index (χ0v) is 13.2. The zero-order valence-electron chi connectivity index (χ0n) is 13.2.